The molecule has 1 aliphatic heterocycles. The molecule has 1 N–H and O–H groups in total. The molecule has 1 aromatic carbocycles. The van der Waals surface area contributed by atoms with Crippen LogP contribution in [0.2, 0.25) is 0 Å². The minimum Gasteiger partial charge on any atom is -0.466 e. The fraction of sp³-hybridized carbons (Fsp3) is 0.400. The maximum atomic E-state index is 12.5. The lowest BCUT2D eigenvalue weighted by atomic mass is 10.1. The minimum absolute atomic E-state index is 0.127. The Bertz CT molecular complexity index is 530. The topological polar surface area (TPSA) is 75.7 Å². The SMILES string of the molecule is CCOC(=O)C[C@H]1C(=O)NCCN1C(=O)c1ccccc1. The lowest BCUT2D eigenvalue weighted by Crippen LogP contribution is -2.57. The van der Waals surface area contributed by atoms with Gasteiger partial charge in [0.15, 0.2) is 0 Å². The molecule has 0 aromatic heterocycles. The Morgan fingerprint density at radius 2 is 2.05 bits per heavy atom. The highest BCUT2D eigenvalue weighted by molar-refractivity contribution is 5.99. The predicted molar refractivity (Wildman–Crippen MR) is 75.5 cm³/mol. The Morgan fingerprint density at radius 1 is 1.33 bits per heavy atom. The molecule has 21 heavy (non-hydrogen) atoms. The van der Waals surface area contributed by atoms with Gasteiger partial charge in [0, 0.05) is 18.7 Å². The monoisotopic (exact) mass is 290 g/mol. The van der Waals surface area contributed by atoms with E-state index in [1.165, 1.54) is 4.90 Å². The fourth-order valence-electron chi connectivity index (χ4n) is 2.29. The average Bonchev–Trinajstić information content (AvgIpc) is 2.50. The van der Waals surface area contributed by atoms with E-state index in [1.807, 2.05) is 6.07 Å². The van der Waals surface area contributed by atoms with E-state index >= 15 is 0 Å². The van der Waals surface area contributed by atoms with Crippen LogP contribution in [0.25, 0.3) is 0 Å². The second-order valence-electron chi connectivity index (χ2n) is 4.68. The molecular formula is C15H18N2O4. The van der Waals surface area contributed by atoms with Gasteiger partial charge < -0.3 is 15.0 Å². The van der Waals surface area contributed by atoms with Crippen molar-refractivity contribution in [1.82, 2.24) is 10.2 Å². The molecule has 112 valence electrons. The molecule has 0 radical (unpaired) electrons. The van der Waals surface area contributed by atoms with Crippen LogP contribution < -0.4 is 5.32 Å². The van der Waals surface area contributed by atoms with Gasteiger partial charge in [-0.3, -0.25) is 14.4 Å². The predicted octanol–water partition coefficient (Wildman–Crippen LogP) is 0.580. The van der Waals surface area contributed by atoms with Crippen molar-refractivity contribution in [2.24, 2.45) is 0 Å². The summed E-state index contributed by atoms with van der Waals surface area (Å²) in [6.07, 6.45) is -0.127. The van der Waals surface area contributed by atoms with Crippen molar-refractivity contribution >= 4 is 17.8 Å². The Morgan fingerprint density at radius 3 is 2.71 bits per heavy atom. The van der Waals surface area contributed by atoms with Gasteiger partial charge in [-0.2, -0.15) is 0 Å². The first-order chi connectivity index (χ1) is 10.1. The molecule has 0 saturated carbocycles. The first-order valence-electron chi connectivity index (χ1n) is 6.93. The Kier molecular flexibility index (Phi) is 4.92. The second kappa shape index (κ2) is 6.88. The fourth-order valence-corrected chi connectivity index (χ4v) is 2.29. The molecular weight excluding hydrogens is 272 g/mol. The standard InChI is InChI=1S/C15H18N2O4/c1-2-21-13(18)10-12-14(19)16-8-9-17(12)15(20)11-6-4-3-5-7-11/h3-7,12H,2,8-10H2,1H3,(H,16,19)/t12-/m0/s1. The lowest BCUT2D eigenvalue weighted by Gasteiger charge is -2.34. The van der Waals surface area contributed by atoms with E-state index in [2.05, 4.69) is 5.32 Å². The summed E-state index contributed by atoms with van der Waals surface area (Å²) in [5.74, 6) is -1.05. The Balaban J connectivity index is 2.16. The largest absolute Gasteiger partial charge is 0.466 e. The zero-order chi connectivity index (χ0) is 15.2. The summed E-state index contributed by atoms with van der Waals surface area (Å²) in [7, 11) is 0. The average molecular weight is 290 g/mol. The Labute approximate surface area is 123 Å². The number of carbonyl (C=O) groups excluding carboxylic acids is 3. The van der Waals surface area contributed by atoms with Crippen LogP contribution in [0.1, 0.15) is 23.7 Å². The van der Waals surface area contributed by atoms with Crippen LogP contribution in [0, 0.1) is 0 Å². The van der Waals surface area contributed by atoms with Crippen molar-refractivity contribution < 1.29 is 19.1 Å². The normalized spacial score (nSPS) is 18.0. The number of amides is 2. The number of rotatable bonds is 4. The van der Waals surface area contributed by atoms with Crippen LogP contribution in [-0.4, -0.2) is 48.4 Å². The molecule has 0 bridgehead atoms. The molecule has 1 aliphatic rings. The first kappa shape index (κ1) is 15.0. The van der Waals surface area contributed by atoms with Crippen molar-refractivity contribution in [2.75, 3.05) is 19.7 Å². The van der Waals surface area contributed by atoms with Gasteiger partial charge in [-0.1, -0.05) is 18.2 Å². The molecule has 1 heterocycles. The molecule has 1 saturated heterocycles. The van der Waals surface area contributed by atoms with Gasteiger partial charge in [0.05, 0.1) is 13.0 Å². The van der Waals surface area contributed by atoms with Crippen LogP contribution in [-0.2, 0) is 14.3 Å². The number of esters is 1. The number of hydrogen-bond donors (Lipinski definition) is 1. The third kappa shape index (κ3) is 3.59. The number of nitrogens with one attached hydrogen (secondary N) is 1. The molecule has 6 nitrogen and oxygen atoms in total. The van der Waals surface area contributed by atoms with Gasteiger partial charge in [0.1, 0.15) is 6.04 Å². The number of piperazine rings is 1. The van der Waals surface area contributed by atoms with Crippen LogP contribution in [0.3, 0.4) is 0 Å². The van der Waals surface area contributed by atoms with Crippen molar-refractivity contribution in [3.8, 4) is 0 Å². The molecule has 0 unspecified atom stereocenters. The molecule has 1 fully saturated rings. The smallest absolute Gasteiger partial charge is 0.308 e. The van der Waals surface area contributed by atoms with Crippen molar-refractivity contribution in [2.45, 2.75) is 19.4 Å². The summed E-state index contributed by atoms with van der Waals surface area (Å²) < 4.78 is 4.87. The van der Waals surface area contributed by atoms with Crippen molar-refractivity contribution in [1.29, 1.82) is 0 Å². The second-order valence-corrected chi connectivity index (χ2v) is 4.68. The van der Waals surface area contributed by atoms with Crippen LogP contribution in [0.4, 0.5) is 0 Å². The number of benzene rings is 1. The van der Waals surface area contributed by atoms with E-state index in [1.54, 1.807) is 31.2 Å². The van der Waals surface area contributed by atoms with E-state index < -0.39 is 12.0 Å². The molecule has 6 heteroatoms. The zero-order valence-corrected chi connectivity index (χ0v) is 11.9. The third-order valence-corrected chi connectivity index (χ3v) is 3.28. The number of ether oxygens (including phenoxy) is 1. The Hall–Kier alpha value is -2.37. The number of nitrogens with zero attached hydrogens (tertiary/aromatic N) is 1. The van der Waals surface area contributed by atoms with E-state index in [0.29, 0.717) is 18.7 Å². The van der Waals surface area contributed by atoms with E-state index in [0.717, 1.165) is 0 Å². The third-order valence-electron chi connectivity index (χ3n) is 3.28. The zero-order valence-electron chi connectivity index (χ0n) is 11.9. The maximum Gasteiger partial charge on any atom is 0.308 e. The summed E-state index contributed by atoms with van der Waals surface area (Å²) in [6, 6.07) is 7.91. The van der Waals surface area contributed by atoms with Gasteiger partial charge in [-0.05, 0) is 19.1 Å². The quantitative estimate of drug-likeness (QED) is 0.823. The highest BCUT2D eigenvalue weighted by atomic mass is 16.5. The van der Waals surface area contributed by atoms with E-state index in [4.69, 9.17) is 4.74 Å². The summed E-state index contributed by atoms with van der Waals surface area (Å²) in [6.45, 7) is 2.71. The van der Waals surface area contributed by atoms with Crippen LogP contribution in [0.5, 0.6) is 0 Å². The van der Waals surface area contributed by atoms with Gasteiger partial charge in [0.25, 0.3) is 5.91 Å². The molecule has 0 aliphatic carbocycles. The number of hydrogen-bond acceptors (Lipinski definition) is 4. The summed E-state index contributed by atoms with van der Waals surface area (Å²) in [5.41, 5.74) is 0.501. The van der Waals surface area contributed by atoms with Gasteiger partial charge in [-0.15, -0.1) is 0 Å². The summed E-state index contributed by atoms with van der Waals surface area (Å²) >= 11 is 0. The highest BCUT2D eigenvalue weighted by Crippen LogP contribution is 2.14. The molecule has 2 amide bonds. The number of carbonyl (C=O) groups is 3. The van der Waals surface area contributed by atoms with Crippen molar-refractivity contribution in [3.05, 3.63) is 35.9 Å². The van der Waals surface area contributed by atoms with Crippen LogP contribution >= 0.6 is 0 Å². The molecule has 2 rings (SSSR count). The lowest BCUT2D eigenvalue weighted by molar-refractivity contribution is -0.147. The van der Waals surface area contributed by atoms with E-state index in [9.17, 15) is 14.4 Å². The maximum absolute atomic E-state index is 12.5. The first-order valence-corrected chi connectivity index (χ1v) is 6.93. The summed E-state index contributed by atoms with van der Waals surface area (Å²) in [4.78, 5) is 37.5. The molecule has 0 spiro atoms. The van der Waals surface area contributed by atoms with Gasteiger partial charge in [-0.25, -0.2) is 0 Å². The van der Waals surface area contributed by atoms with Gasteiger partial charge in [0.2, 0.25) is 5.91 Å². The van der Waals surface area contributed by atoms with Crippen molar-refractivity contribution in [3.63, 3.8) is 0 Å². The van der Waals surface area contributed by atoms with E-state index in [-0.39, 0.29) is 24.8 Å². The molecule has 1 atom stereocenters. The van der Waals surface area contributed by atoms with Crippen LogP contribution in [0.15, 0.2) is 30.3 Å². The molecule has 1 aromatic rings. The highest BCUT2D eigenvalue weighted by Gasteiger charge is 2.35. The summed E-state index contributed by atoms with van der Waals surface area (Å²) in [5, 5.41) is 2.68. The van der Waals surface area contributed by atoms with Gasteiger partial charge >= 0.3 is 5.97 Å². The minimum atomic E-state index is -0.814.